The third-order valence-electron chi connectivity index (χ3n) is 4.92. The fraction of sp³-hybridized carbons (Fsp3) is 0.174. The molecule has 3 aromatic carbocycles. The second-order valence-electron chi connectivity index (χ2n) is 6.60. The first-order valence-electron chi connectivity index (χ1n) is 9.10. The monoisotopic (exact) mass is 358 g/mol. The summed E-state index contributed by atoms with van der Waals surface area (Å²) < 4.78 is 5.38. The molecule has 27 heavy (non-hydrogen) atoms. The van der Waals surface area contributed by atoms with Crippen molar-refractivity contribution in [3.05, 3.63) is 95.6 Å². The number of ether oxygens (including phenoxy) is 1. The average molecular weight is 358 g/mol. The Bertz CT molecular complexity index is 940. The number of nitrogens with one attached hydrogen (secondary N) is 1. The molecule has 0 saturated carbocycles. The van der Waals surface area contributed by atoms with Gasteiger partial charge in [-0.15, -0.1) is 0 Å². The van der Waals surface area contributed by atoms with Crippen molar-refractivity contribution in [3.8, 4) is 5.75 Å². The number of carbonyl (C=O) groups is 1. The number of methoxy groups -OCH3 is 1. The Morgan fingerprint density at radius 3 is 2.56 bits per heavy atom. The lowest BCUT2D eigenvalue weighted by atomic mass is 10.0. The van der Waals surface area contributed by atoms with Gasteiger partial charge in [-0.3, -0.25) is 4.79 Å². The molecule has 1 aliphatic heterocycles. The maximum absolute atomic E-state index is 13.2. The number of amides is 1. The molecule has 1 N–H and O–H groups in total. The van der Waals surface area contributed by atoms with Gasteiger partial charge in [0.2, 0.25) is 0 Å². The second kappa shape index (κ2) is 7.54. The number of rotatable bonds is 5. The van der Waals surface area contributed by atoms with Crippen molar-refractivity contribution in [1.82, 2.24) is 4.90 Å². The molecule has 4 nitrogen and oxygen atoms in total. The lowest BCUT2D eigenvalue weighted by molar-refractivity contribution is 0.0685. The first-order chi connectivity index (χ1) is 13.3. The number of anilines is 1. The average Bonchev–Trinajstić information content (AvgIpc) is 2.74. The summed E-state index contributed by atoms with van der Waals surface area (Å²) in [6.45, 7) is 0.631. The molecule has 4 rings (SSSR count). The second-order valence-corrected chi connectivity index (χ2v) is 6.60. The number of para-hydroxylation sites is 1. The Kier molecular flexibility index (Phi) is 4.79. The number of nitrogens with zero attached hydrogens (tertiary/aromatic N) is 1. The van der Waals surface area contributed by atoms with Gasteiger partial charge >= 0.3 is 0 Å². The zero-order valence-electron chi connectivity index (χ0n) is 15.3. The third kappa shape index (κ3) is 3.51. The van der Waals surface area contributed by atoms with E-state index >= 15 is 0 Å². The van der Waals surface area contributed by atoms with Gasteiger partial charge in [0.1, 0.15) is 11.9 Å². The molecule has 1 heterocycles. The summed E-state index contributed by atoms with van der Waals surface area (Å²) in [5, 5.41) is 3.53. The molecule has 4 heteroatoms. The maximum atomic E-state index is 13.2. The summed E-state index contributed by atoms with van der Waals surface area (Å²) in [6.07, 6.45) is 0.572. The van der Waals surface area contributed by atoms with Crippen LogP contribution in [0.2, 0.25) is 0 Å². The predicted octanol–water partition coefficient (Wildman–Crippen LogP) is 4.50. The van der Waals surface area contributed by atoms with Gasteiger partial charge in [0, 0.05) is 12.2 Å². The maximum Gasteiger partial charge on any atom is 0.257 e. The molecule has 0 saturated heterocycles. The van der Waals surface area contributed by atoms with E-state index in [-0.39, 0.29) is 12.1 Å². The minimum atomic E-state index is -0.230. The number of benzene rings is 3. The summed E-state index contributed by atoms with van der Waals surface area (Å²) in [5.41, 5.74) is 3.80. The van der Waals surface area contributed by atoms with Crippen LogP contribution in [0.1, 0.15) is 27.7 Å². The van der Waals surface area contributed by atoms with Gasteiger partial charge in [-0.2, -0.15) is 0 Å². The fourth-order valence-corrected chi connectivity index (χ4v) is 3.49. The quantitative estimate of drug-likeness (QED) is 0.730. The normalized spacial score (nSPS) is 15.8. The topological polar surface area (TPSA) is 41.6 Å². The van der Waals surface area contributed by atoms with Crippen LogP contribution >= 0.6 is 0 Å². The zero-order chi connectivity index (χ0) is 18.6. The van der Waals surface area contributed by atoms with Gasteiger partial charge in [0.25, 0.3) is 5.91 Å². The van der Waals surface area contributed by atoms with E-state index in [1.165, 1.54) is 5.56 Å². The molecule has 1 amide bonds. The molecule has 0 spiro atoms. The van der Waals surface area contributed by atoms with Crippen molar-refractivity contribution < 1.29 is 9.53 Å². The molecule has 0 aliphatic carbocycles. The number of fused-ring (bicyclic) bond motifs is 1. The molecule has 0 fully saturated rings. The smallest absolute Gasteiger partial charge is 0.257 e. The van der Waals surface area contributed by atoms with E-state index in [0.29, 0.717) is 12.1 Å². The third-order valence-corrected chi connectivity index (χ3v) is 4.92. The fourth-order valence-electron chi connectivity index (χ4n) is 3.49. The largest absolute Gasteiger partial charge is 0.497 e. The van der Waals surface area contributed by atoms with E-state index in [1.807, 2.05) is 71.6 Å². The van der Waals surface area contributed by atoms with Crippen LogP contribution in [0.15, 0.2) is 78.9 Å². The Hall–Kier alpha value is -3.27. The highest BCUT2D eigenvalue weighted by Gasteiger charge is 2.32. The van der Waals surface area contributed by atoms with Crippen molar-refractivity contribution in [2.75, 3.05) is 19.0 Å². The van der Waals surface area contributed by atoms with Crippen LogP contribution in [0.25, 0.3) is 0 Å². The van der Waals surface area contributed by atoms with Crippen molar-refractivity contribution in [3.63, 3.8) is 0 Å². The molecule has 0 aromatic heterocycles. The van der Waals surface area contributed by atoms with Gasteiger partial charge < -0.3 is 15.0 Å². The van der Waals surface area contributed by atoms with Crippen LogP contribution in [0.3, 0.4) is 0 Å². The minimum Gasteiger partial charge on any atom is -0.497 e. The summed E-state index contributed by atoms with van der Waals surface area (Å²) in [7, 11) is 1.65. The van der Waals surface area contributed by atoms with Crippen LogP contribution in [0.5, 0.6) is 5.75 Å². The summed E-state index contributed by atoms with van der Waals surface area (Å²) in [5.74, 6) is 0.830. The van der Waals surface area contributed by atoms with Gasteiger partial charge in [0.05, 0.1) is 12.7 Å². The Morgan fingerprint density at radius 1 is 0.963 bits per heavy atom. The zero-order valence-corrected chi connectivity index (χ0v) is 15.3. The molecule has 0 unspecified atom stereocenters. The SMILES string of the molecule is COc1cccc([C@H]2Nc3ccccc3C(=O)N2CCc2ccccc2)c1. The van der Waals surface area contributed by atoms with Crippen molar-refractivity contribution in [2.45, 2.75) is 12.6 Å². The highest BCUT2D eigenvalue weighted by Crippen LogP contribution is 2.34. The molecule has 136 valence electrons. The highest BCUT2D eigenvalue weighted by molar-refractivity contribution is 6.01. The van der Waals surface area contributed by atoms with Crippen molar-refractivity contribution in [2.24, 2.45) is 0 Å². The molecular formula is C23H22N2O2. The van der Waals surface area contributed by atoms with E-state index in [4.69, 9.17) is 4.74 Å². The summed E-state index contributed by atoms with van der Waals surface area (Å²) in [6, 6.07) is 25.8. The van der Waals surface area contributed by atoms with E-state index < -0.39 is 0 Å². The number of carbonyl (C=O) groups excluding carboxylic acids is 1. The van der Waals surface area contributed by atoms with E-state index in [0.717, 1.165) is 23.4 Å². The van der Waals surface area contributed by atoms with E-state index in [2.05, 4.69) is 17.4 Å². The van der Waals surface area contributed by atoms with Crippen molar-refractivity contribution >= 4 is 11.6 Å². The first-order valence-corrected chi connectivity index (χ1v) is 9.10. The van der Waals surface area contributed by atoms with Gasteiger partial charge in [0.15, 0.2) is 0 Å². The summed E-state index contributed by atoms with van der Waals surface area (Å²) in [4.78, 5) is 15.1. The van der Waals surface area contributed by atoms with Crippen LogP contribution in [0.4, 0.5) is 5.69 Å². The van der Waals surface area contributed by atoms with Gasteiger partial charge in [-0.05, 0) is 41.8 Å². The Morgan fingerprint density at radius 2 is 1.74 bits per heavy atom. The van der Waals surface area contributed by atoms with Crippen LogP contribution in [-0.2, 0) is 6.42 Å². The predicted molar refractivity (Wildman–Crippen MR) is 107 cm³/mol. The lowest BCUT2D eigenvalue weighted by Crippen LogP contribution is -2.44. The molecule has 3 aromatic rings. The molecule has 0 radical (unpaired) electrons. The molecule has 1 aliphatic rings. The lowest BCUT2D eigenvalue weighted by Gasteiger charge is -2.38. The van der Waals surface area contributed by atoms with Gasteiger partial charge in [-0.25, -0.2) is 0 Å². The standard InChI is InChI=1S/C23H22N2O2/c1-27-19-11-7-10-18(16-19)22-24-21-13-6-5-12-20(21)23(26)25(22)15-14-17-8-3-2-4-9-17/h2-13,16,22,24H,14-15H2,1H3/t22-/m0/s1. The van der Waals surface area contributed by atoms with Crippen LogP contribution < -0.4 is 10.1 Å². The number of hydrogen-bond donors (Lipinski definition) is 1. The molecule has 0 bridgehead atoms. The van der Waals surface area contributed by atoms with E-state index in [9.17, 15) is 4.79 Å². The molecular weight excluding hydrogens is 336 g/mol. The number of hydrogen-bond acceptors (Lipinski definition) is 3. The van der Waals surface area contributed by atoms with Crippen LogP contribution in [-0.4, -0.2) is 24.5 Å². The van der Waals surface area contributed by atoms with Gasteiger partial charge in [-0.1, -0.05) is 54.6 Å². The van der Waals surface area contributed by atoms with Crippen LogP contribution in [0, 0.1) is 0 Å². The Labute approximate surface area is 159 Å². The first kappa shape index (κ1) is 17.2. The summed E-state index contributed by atoms with van der Waals surface area (Å²) >= 11 is 0. The Balaban J connectivity index is 1.68. The van der Waals surface area contributed by atoms with E-state index in [1.54, 1.807) is 7.11 Å². The minimum absolute atomic E-state index is 0.0492. The van der Waals surface area contributed by atoms with Crippen molar-refractivity contribution in [1.29, 1.82) is 0 Å². The molecule has 1 atom stereocenters. The highest BCUT2D eigenvalue weighted by atomic mass is 16.5.